The van der Waals surface area contributed by atoms with Crippen molar-refractivity contribution in [3.63, 3.8) is 0 Å². The van der Waals surface area contributed by atoms with Crippen molar-refractivity contribution < 1.29 is 10.2 Å². The lowest BCUT2D eigenvalue weighted by Gasteiger charge is -2.26. The van der Waals surface area contributed by atoms with Crippen LogP contribution in [-0.4, -0.2) is 29.0 Å². The highest BCUT2D eigenvalue weighted by molar-refractivity contribution is 6.15. The highest BCUT2D eigenvalue weighted by Gasteiger charge is 2.24. The first-order chi connectivity index (χ1) is 11.7. The van der Waals surface area contributed by atoms with Crippen LogP contribution in [0.4, 0.5) is 0 Å². The van der Waals surface area contributed by atoms with E-state index >= 15 is 0 Å². The van der Waals surface area contributed by atoms with E-state index in [-0.39, 0.29) is 25.6 Å². The van der Waals surface area contributed by atoms with Crippen molar-refractivity contribution in [2.75, 3.05) is 13.2 Å². The zero-order valence-corrected chi connectivity index (χ0v) is 14.9. The number of fused-ring (bicyclic) bond motifs is 3. The third-order valence-corrected chi connectivity index (χ3v) is 5.04. The van der Waals surface area contributed by atoms with Gasteiger partial charge in [0, 0.05) is 6.54 Å². The molecule has 1 aliphatic carbocycles. The Hall–Kier alpha value is -1.91. The van der Waals surface area contributed by atoms with Crippen molar-refractivity contribution in [3.8, 4) is 22.3 Å². The quantitative estimate of drug-likeness (QED) is 0.511. The predicted octanol–water partition coefficient (Wildman–Crippen LogP) is 3.74. The maximum atomic E-state index is 9.47. The molecule has 0 unspecified atom stereocenters. The normalized spacial score (nSPS) is 12.1. The lowest BCUT2D eigenvalue weighted by Crippen LogP contribution is -2.48. The Kier molecular flexibility index (Phi) is 4.85. The van der Waals surface area contributed by atoms with Crippen molar-refractivity contribution in [1.29, 1.82) is 0 Å². The van der Waals surface area contributed by atoms with E-state index in [9.17, 15) is 10.2 Å². The first-order valence-electron chi connectivity index (χ1n) is 8.28. The Morgan fingerprint density at radius 1 is 0.800 bits per heavy atom. The van der Waals surface area contributed by atoms with Gasteiger partial charge in [0.1, 0.15) is 0 Å². The summed E-state index contributed by atoms with van der Waals surface area (Å²) in [5.74, 6) is 0. The van der Waals surface area contributed by atoms with E-state index in [1.54, 1.807) is 0 Å². The van der Waals surface area contributed by atoms with Crippen LogP contribution in [0.3, 0.4) is 0 Å². The average molecular weight is 356 g/mol. The molecule has 0 radical (unpaired) electrons. The number of hydrogen-bond acceptors (Lipinski definition) is 3. The molecule has 3 aromatic rings. The summed E-state index contributed by atoms with van der Waals surface area (Å²) in [5.41, 5.74) is 5.65. The van der Waals surface area contributed by atoms with Crippen LogP contribution in [0.1, 0.15) is 12.5 Å². The van der Waals surface area contributed by atoms with Gasteiger partial charge >= 0.3 is 0 Å². The maximum absolute atomic E-state index is 9.47. The summed E-state index contributed by atoms with van der Waals surface area (Å²) in [5, 5.41) is 24.8. The monoisotopic (exact) mass is 355 g/mol. The van der Waals surface area contributed by atoms with Crippen LogP contribution in [0.2, 0.25) is 0 Å². The average Bonchev–Trinajstić information content (AvgIpc) is 2.97. The highest BCUT2D eigenvalue weighted by atomic mass is 35.5. The second-order valence-electron chi connectivity index (χ2n) is 6.78. The van der Waals surface area contributed by atoms with Crippen LogP contribution in [-0.2, 0) is 6.54 Å². The van der Waals surface area contributed by atoms with Gasteiger partial charge < -0.3 is 15.5 Å². The van der Waals surface area contributed by atoms with Gasteiger partial charge in [-0.15, -0.1) is 12.4 Å². The van der Waals surface area contributed by atoms with Crippen LogP contribution < -0.4 is 5.32 Å². The summed E-state index contributed by atoms with van der Waals surface area (Å²) < 4.78 is 0. The molecule has 0 amide bonds. The van der Waals surface area contributed by atoms with Crippen LogP contribution in [0.25, 0.3) is 33.0 Å². The van der Waals surface area contributed by atoms with E-state index in [1.807, 2.05) is 6.92 Å². The lowest BCUT2D eigenvalue weighted by atomic mass is 9.97. The minimum absolute atomic E-state index is 0. The molecule has 0 spiro atoms. The number of nitrogens with one attached hydrogen (secondary N) is 1. The van der Waals surface area contributed by atoms with Gasteiger partial charge in [0.25, 0.3) is 0 Å². The van der Waals surface area contributed by atoms with E-state index in [1.165, 1.54) is 38.6 Å². The molecule has 4 rings (SSSR count). The molecule has 0 saturated heterocycles. The summed E-state index contributed by atoms with van der Waals surface area (Å²) in [4.78, 5) is 0. The van der Waals surface area contributed by atoms with Gasteiger partial charge in [0.05, 0.1) is 18.8 Å². The number of aliphatic hydroxyl groups excluding tert-OH is 2. The molecule has 0 fully saturated rings. The first kappa shape index (κ1) is 17.9. The first-order valence-corrected chi connectivity index (χ1v) is 8.28. The molecule has 0 aliphatic heterocycles. The fourth-order valence-corrected chi connectivity index (χ4v) is 3.49. The van der Waals surface area contributed by atoms with Gasteiger partial charge in [-0.1, -0.05) is 54.6 Å². The third-order valence-electron chi connectivity index (χ3n) is 5.04. The number of aliphatic hydroxyl groups is 2. The van der Waals surface area contributed by atoms with Gasteiger partial charge in [-0.25, -0.2) is 0 Å². The number of benzene rings is 3. The molecule has 3 aromatic carbocycles. The molecule has 0 aromatic heterocycles. The van der Waals surface area contributed by atoms with Crippen molar-refractivity contribution in [3.05, 3.63) is 60.2 Å². The summed E-state index contributed by atoms with van der Waals surface area (Å²) in [6, 6.07) is 19.3. The van der Waals surface area contributed by atoms with Crippen molar-refractivity contribution >= 4 is 23.2 Å². The van der Waals surface area contributed by atoms with Gasteiger partial charge in [0.2, 0.25) is 0 Å². The second kappa shape index (κ2) is 6.77. The topological polar surface area (TPSA) is 52.5 Å². The van der Waals surface area contributed by atoms with Crippen molar-refractivity contribution in [1.82, 2.24) is 5.32 Å². The minimum atomic E-state index is -0.675. The smallest absolute Gasteiger partial charge is 0.0633 e. The predicted molar refractivity (Wildman–Crippen MR) is 105 cm³/mol. The Bertz CT molecular complexity index is 890. The molecular weight excluding hydrogens is 334 g/mol. The Morgan fingerprint density at radius 2 is 1.40 bits per heavy atom. The number of hydrogen-bond donors (Lipinski definition) is 3. The zero-order chi connectivity index (χ0) is 16.7. The van der Waals surface area contributed by atoms with E-state index in [4.69, 9.17) is 0 Å². The largest absolute Gasteiger partial charge is 0.394 e. The molecule has 1 aliphatic rings. The van der Waals surface area contributed by atoms with Crippen molar-refractivity contribution in [2.45, 2.75) is 19.0 Å². The zero-order valence-electron chi connectivity index (χ0n) is 14.1. The number of rotatable bonds is 5. The number of halogens is 1. The molecule has 25 heavy (non-hydrogen) atoms. The van der Waals surface area contributed by atoms with Crippen LogP contribution in [0.5, 0.6) is 0 Å². The summed E-state index contributed by atoms with van der Waals surface area (Å²) in [7, 11) is 0. The fourth-order valence-electron chi connectivity index (χ4n) is 3.49. The molecule has 0 saturated carbocycles. The van der Waals surface area contributed by atoms with Crippen LogP contribution >= 0.6 is 12.4 Å². The highest BCUT2D eigenvalue weighted by Crippen LogP contribution is 2.47. The fraction of sp³-hybridized carbons (Fsp3) is 0.238. The molecule has 4 heteroatoms. The molecular formula is C21H22ClNO2. The Balaban J connectivity index is 0.00000182. The van der Waals surface area contributed by atoms with Gasteiger partial charge in [-0.2, -0.15) is 0 Å². The molecule has 0 heterocycles. The minimum Gasteiger partial charge on any atom is -0.394 e. The molecule has 0 bridgehead atoms. The van der Waals surface area contributed by atoms with E-state index < -0.39 is 5.54 Å². The van der Waals surface area contributed by atoms with E-state index in [0.717, 1.165) is 0 Å². The van der Waals surface area contributed by atoms with Gasteiger partial charge in [-0.05, 0) is 45.5 Å². The summed E-state index contributed by atoms with van der Waals surface area (Å²) >= 11 is 0. The second-order valence-corrected chi connectivity index (χ2v) is 6.78. The Morgan fingerprint density at radius 3 is 2.04 bits per heavy atom. The summed E-state index contributed by atoms with van der Waals surface area (Å²) in [6.45, 7) is 2.23. The molecule has 0 atom stereocenters. The van der Waals surface area contributed by atoms with Gasteiger partial charge in [-0.3, -0.25) is 0 Å². The molecule has 130 valence electrons. The van der Waals surface area contributed by atoms with Crippen LogP contribution in [0.15, 0.2) is 54.6 Å². The van der Waals surface area contributed by atoms with Crippen molar-refractivity contribution in [2.24, 2.45) is 0 Å². The standard InChI is InChI=1S/C21H21NO2.ClH/c1-21(12-23,13-24)22-11-14-9-10-19-17-6-3-2-5-16(17)18-8-4-7-15(14)20(18)19;/h2-10,22-24H,11-13H2,1H3;1H. The third kappa shape index (κ3) is 2.83. The van der Waals surface area contributed by atoms with E-state index in [2.05, 4.69) is 59.9 Å². The molecule has 3 nitrogen and oxygen atoms in total. The SMILES string of the molecule is CC(CO)(CO)NCc1ccc2c3c(cccc13)-c1ccccc1-2.Cl. The Labute approximate surface area is 153 Å². The maximum Gasteiger partial charge on any atom is 0.0633 e. The summed E-state index contributed by atoms with van der Waals surface area (Å²) in [6.07, 6.45) is 0. The van der Waals surface area contributed by atoms with Gasteiger partial charge in [0.15, 0.2) is 0 Å². The van der Waals surface area contributed by atoms with E-state index in [0.29, 0.717) is 6.54 Å². The molecule has 3 N–H and O–H groups in total. The lowest BCUT2D eigenvalue weighted by molar-refractivity contribution is 0.103. The van der Waals surface area contributed by atoms with Crippen LogP contribution in [0, 0.1) is 0 Å².